The van der Waals surface area contributed by atoms with Crippen LogP contribution in [0, 0.1) is 10.1 Å². The van der Waals surface area contributed by atoms with Gasteiger partial charge in [-0.2, -0.15) is 0 Å². The summed E-state index contributed by atoms with van der Waals surface area (Å²) in [5.41, 5.74) is -0.580. The summed E-state index contributed by atoms with van der Waals surface area (Å²) in [4.78, 5) is 35.6. The van der Waals surface area contributed by atoms with Crippen molar-refractivity contribution in [1.82, 2.24) is 4.90 Å². The van der Waals surface area contributed by atoms with Crippen molar-refractivity contribution >= 4 is 29.2 Å². The molecule has 0 saturated heterocycles. The van der Waals surface area contributed by atoms with E-state index in [1.165, 1.54) is 36.2 Å². The zero-order chi connectivity index (χ0) is 19.8. The molecule has 27 heavy (non-hydrogen) atoms. The average molecular weight is 393 g/mol. The van der Waals surface area contributed by atoms with Crippen LogP contribution in [0.4, 0.5) is 5.69 Å². The monoisotopic (exact) mass is 392 g/mol. The Morgan fingerprint density at radius 2 is 1.81 bits per heavy atom. The molecule has 8 nitrogen and oxygen atoms in total. The number of amides is 1. The van der Waals surface area contributed by atoms with Gasteiger partial charge in [0.1, 0.15) is 17.9 Å². The van der Waals surface area contributed by atoms with Crippen LogP contribution in [0.1, 0.15) is 10.4 Å². The van der Waals surface area contributed by atoms with Crippen LogP contribution < -0.4 is 4.74 Å². The highest BCUT2D eigenvalue weighted by atomic mass is 35.5. The lowest BCUT2D eigenvalue weighted by atomic mass is 10.2. The molecular formula is C18H17ClN2O6. The highest BCUT2D eigenvalue weighted by Gasteiger charge is 2.21. The number of hydrogen-bond donors (Lipinski definition) is 0. The minimum absolute atomic E-state index is 0.205. The predicted molar refractivity (Wildman–Crippen MR) is 98.0 cm³/mol. The number of benzene rings is 2. The first-order valence-corrected chi connectivity index (χ1v) is 8.29. The van der Waals surface area contributed by atoms with Gasteiger partial charge < -0.3 is 14.4 Å². The molecule has 9 heteroatoms. The zero-order valence-corrected chi connectivity index (χ0v) is 15.2. The van der Waals surface area contributed by atoms with Crippen LogP contribution in [0.25, 0.3) is 0 Å². The Labute approximate surface area is 160 Å². The van der Waals surface area contributed by atoms with Gasteiger partial charge in [-0.05, 0) is 30.3 Å². The van der Waals surface area contributed by atoms with E-state index in [4.69, 9.17) is 21.1 Å². The van der Waals surface area contributed by atoms with Crippen LogP contribution in [0.15, 0.2) is 48.5 Å². The smallest absolute Gasteiger partial charge is 0.345 e. The summed E-state index contributed by atoms with van der Waals surface area (Å²) in [5, 5.41) is 11.5. The van der Waals surface area contributed by atoms with Crippen molar-refractivity contribution in [2.45, 2.75) is 0 Å². The summed E-state index contributed by atoms with van der Waals surface area (Å²) in [6, 6.07) is 12.2. The van der Waals surface area contributed by atoms with Crippen molar-refractivity contribution in [2.75, 3.05) is 26.8 Å². The maximum absolute atomic E-state index is 12.0. The Bertz CT molecular complexity index is 825. The van der Waals surface area contributed by atoms with Gasteiger partial charge in [0.05, 0.1) is 11.5 Å². The maximum Gasteiger partial charge on any atom is 0.345 e. The summed E-state index contributed by atoms with van der Waals surface area (Å²) in [6.07, 6.45) is 0. The Balaban J connectivity index is 1.80. The van der Waals surface area contributed by atoms with E-state index in [1.54, 1.807) is 24.3 Å². The predicted octanol–water partition coefficient (Wildman–Crippen LogP) is 2.94. The third kappa shape index (κ3) is 5.96. The Morgan fingerprint density at radius 3 is 2.48 bits per heavy atom. The molecule has 0 atom stereocenters. The molecule has 0 aliphatic heterocycles. The molecule has 2 aromatic rings. The molecule has 0 bridgehead atoms. The fourth-order valence-corrected chi connectivity index (χ4v) is 2.20. The van der Waals surface area contributed by atoms with Crippen LogP contribution in [-0.2, 0) is 9.53 Å². The van der Waals surface area contributed by atoms with Crippen molar-refractivity contribution in [2.24, 2.45) is 0 Å². The second kappa shape index (κ2) is 9.54. The molecule has 0 N–H and O–H groups in total. The fourth-order valence-electron chi connectivity index (χ4n) is 2.08. The van der Waals surface area contributed by atoms with Gasteiger partial charge in [-0.25, -0.2) is 4.79 Å². The summed E-state index contributed by atoms with van der Waals surface area (Å²) in [6.45, 7) is -0.0190. The van der Waals surface area contributed by atoms with E-state index in [0.717, 1.165) is 0 Å². The summed E-state index contributed by atoms with van der Waals surface area (Å²) in [5.74, 6) is -0.772. The molecule has 0 aliphatic carbocycles. The molecule has 0 aliphatic rings. The summed E-state index contributed by atoms with van der Waals surface area (Å²) >= 11 is 5.78. The van der Waals surface area contributed by atoms with E-state index in [2.05, 4.69) is 0 Å². The van der Waals surface area contributed by atoms with Gasteiger partial charge in [0.2, 0.25) is 0 Å². The lowest BCUT2D eigenvalue weighted by Gasteiger charge is -2.17. The molecule has 0 spiro atoms. The molecule has 2 aromatic carbocycles. The number of nitrogens with zero attached hydrogens (tertiary/aromatic N) is 2. The van der Waals surface area contributed by atoms with Gasteiger partial charge >= 0.3 is 5.97 Å². The van der Waals surface area contributed by atoms with Gasteiger partial charge in [0.15, 0.2) is 6.61 Å². The van der Waals surface area contributed by atoms with E-state index < -0.39 is 23.4 Å². The maximum atomic E-state index is 12.0. The SMILES string of the molecule is CN(CCOc1ccc(Cl)cc1)C(=O)COC(=O)c1ccccc1[N+](=O)[O-]. The second-order valence-electron chi connectivity index (χ2n) is 5.47. The molecule has 142 valence electrons. The van der Waals surface area contributed by atoms with Gasteiger partial charge in [-0.15, -0.1) is 0 Å². The minimum Gasteiger partial charge on any atom is -0.492 e. The van der Waals surface area contributed by atoms with Crippen LogP contribution in [0.2, 0.25) is 5.02 Å². The fraction of sp³-hybridized carbons (Fsp3) is 0.222. The molecule has 0 unspecified atom stereocenters. The van der Waals surface area contributed by atoms with E-state index in [1.807, 2.05) is 0 Å². The lowest BCUT2D eigenvalue weighted by molar-refractivity contribution is -0.385. The van der Waals surface area contributed by atoms with Crippen LogP contribution in [0.3, 0.4) is 0 Å². The van der Waals surface area contributed by atoms with E-state index in [-0.39, 0.29) is 24.4 Å². The highest BCUT2D eigenvalue weighted by molar-refractivity contribution is 6.30. The first-order valence-electron chi connectivity index (χ1n) is 7.91. The zero-order valence-electron chi connectivity index (χ0n) is 14.5. The largest absolute Gasteiger partial charge is 0.492 e. The number of para-hydroxylation sites is 1. The van der Waals surface area contributed by atoms with Crippen molar-refractivity contribution in [1.29, 1.82) is 0 Å². The molecule has 1 amide bonds. The number of esters is 1. The van der Waals surface area contributed by atoms with Gasteiger partial charge in [-0.1, -0.05) is 23.7 Å². The van der Waals surface area contributed by atoms with Crippen LogP contribution in [-0.4, -0.2) is 48.5 Å². The molecule has 0 radical (unpaired) electrons. The number of rotatable bonds is 8. The number of likely N-dealkylation sites (N-methyl/N-ethyl adjacent to an activating group) is 1. The molecule has 0 aromatic heterocycles. The number of halogens is 1. The minimum atomic E-state index is -0.929. The van der Waals surface area contributed by atoms with Crippen molar-refractivity contribution < 1.29 is 24.0 Å². The number of carbonyl (C=O) groups excluding carboxylic acids is 2. The Morgan fingerprint density at radius 1 is 1.15 bits per heavy atom. The van der Waals surface area contributed by atoms with Gasteiger partial charge in [-0.3, -0.25) is 14.9 Å². The quantitative estimate of drug-likeness (QED) is 0.389. The summed E-state index contributed by atoms with van der Waals surface area (Å²) < 4.78 is 10.4. The number of ether oxygens (including phenoxy) is 2. The number of hydrogen-bond acceptors (Lipinski definition) is 6. The van der Waals surface area contributed by atoms with E-state index in [0.29, 0.717) is 10.8 Å². The normalized spacial score (nSPS) is 10.1. The first kappa shape index (κ1) is 20.2. The summed E-state index contributed by atoms with van der Waals surface area (Å²) in [7, 11) is 1.53. The molecule has 0 heterocycles. The number of carbonyl (C=O) groups is 2. The highest BCUT2D eigenvalue weighted by Crippen LogP contribution is 2.18. The molecule has 0 fully saturated rings. The number of nitro groups is 1. The Hall–Kier alpha value is -3.13. The second-order valence-corrected chi connectivity index (χ2v) is 5.90. The van der Waals surface area contributed by atoms with Crippen molar-refractivity contribution in [3.8, 4) is 5.75 Å². The molecular weight excluding hydrogens is 376 g/mol. The topological polar surface area (TPSA) is 99.0 Å². The Kier molecular flexibility index (Phi) is 7.13. The van der Waals surface area contributed by atoms with Crippen LogP contribution in [0.5, 0.6) is 5.75 Å². The standard InChI is InChI=1S/C18H17ClN2O6/c1-20(10-11-26-14-8-6-13(19)7-9-14)17(22)12-27-18(23)15-4-2-3-5-16(15)21(24)25/h2-9H,10-12H2,1H3. The lowest BCUT2D eigenvalue weighted by Crippen LogP contribution is -2.34. The number of nitro benzene ring substituents is 1. The first-order chi connectivity index (χ1) is 12.9. The van der Waals surface area contributed by atoms with E-state index >= 15 is 0 Å². The third-order valence-electron chi connectivity index (χ3n) is 3.58. The molecule has 2 rings (SSSR count). The third-order valence-corrected chi connectivity index (χ3v) is 3.83. The van der Waals surface area contributed by atoms with E-state index in [9.17, 15) is 19.7 Å². The average Bonchev–Trinajstić information content (AvgIpc) is 2.67. The van der Waals surface area contributed by atoms with Crippen molar-refractivity contribution in [3.05, 3.63) is 69.2 Å². The van der Waals surface area contributed by atoms with Gasteiger partial charge in [0, 0.05) is 18.1 Å². The van der Waals surface area contributed by atoms with Crippen LogP contribution >= 0.6 is 11.6 Å². The van der Waals surface area contributed by atoms with Crippen molar-refractivity contribution in [3.63, 3.8) is 0 Å². The van der Waals surface area contributed by atoms with Gasteiger partial charge in [0.25, 0.3) is 11.6 Å². The molecule has 0 saturated carbocycles.